The Bertz CT molecular complexity index is 1080. The van der Waals surface area contributed by atoms with E-state index in [0.717, 1.165) is 49.0 Å². The van der Waals surface area contributed by atoms with Gasteiger partial charge in [-0.1, -0.05) is 42.8 Å². The lowest BCUT2D eigenvalue weighted by molar-refractivity contribution is -0.253. The molecule has 10 heteroatoms. The Morgan fingerprint density at radius 2 is 1.60 bits per heavy atom. The highest BCUT2D eigenvalue weighted by Crippen LogP contribution is 2.39. The van der Waals surface area contributed by atoms with Crippen molar-refractivity contribution in [2.24, 2.45) is 0 Å². The lowest BCUT2D eigenvalue weighted by atomic mass is 9.99. The Kier molecular flexibility index (Phi) is 11.5. The van der Waals surface area contributed by atoms with Gasteiger partial charge in [-0.25, -0.2) is 5.48 Å². The molecule has 0 aromatic heterocycles. The maximum Gasteiger partial charge on any atom is 0.243 e. The van der Waals surface area contributed by atoms with Crippen LogP contribution >= 0.6 is 0 Å². The molecule has 0 spiro atoms. The minimum absolute atomic E-state index is 0.0100. The number of hydrogen-bond acceptors (Lipinski definition) is 8. The van der Waals surface area contributed by atoms with Crippen LogP contribution in [0.2, 0.25) is 0 Å². The van der Waals surface area contributed by atoms with Crippen LogP contribution in [0.1, 0.15) is 80.5 Å². The second-order valence-electron chi connectivity index (χ2n) is 10.6. The van der Waals surface area contributed by atoms with E-state index in [1.54, 1.807) is 5.48 Å². The summed E-state index contributed by atoms with van der Waals surface area (Å²) in [7, 11) is 0. The zero-order valence-electron chi connectivity index (χ0n) is 22.8. The number of nitrogens with zero attached hydrogens (tertiary/aromatic N) is 1. The van der Waals surface area contributed by atoms with Crippen LogP contribution in [0.4, 0.5) is 5.69 Å². The summed E-state index contributed by atoms with van der Waals surface area (Å²) < 4.78 is 12.8. The molecule has 0 aliphatic carbocycles. The summed E-state index contributed by atoms with van der Waals surface area (Å²) in [5.41, 5.74) is 5.01. The minimum Gasteiger partial charge on any atom is -0.395 e. The van der Waals surface area contributed by atoms with E-state index in [0.29, 0.717) is 31.4 Å². The molecule has 40 heavy (non-hydrogen) atoms. The zero-order chi connectivity index (χ0) is 28.3. The average Bonchev–Trinajstić information content (AvgIpc) is 3.44. The van der Waals surface area contributed by atoms with Gasteiger partial charge in [-0.15, -0.1) is 0 Å². The van der Waals surface area contributed by atoms with E-state index in [-0.39, 0.29) is 43.8 Å². The first-order chi connectivity index (χ1) is 19.5. The van der Waals surface area contributed by atoms with Gasteiger partial charge in [0, 0.05) is 43.1 Å². The van der Waals surface area contributed by atoms with Crippen LogP contribution in [0.3, 0.4) is 0 Å². The second kappa shape index (κ2) is 15.2. The fraction of sp³-hybridized carbons (Fsp3) is 0.533. The van der Waals surface area contributed by atoms with E-state index in [1.165, 1.54) is 0 Å². The van der Waals surface area contributed by atoms with Crippen LogP contribution in [-0.2, 0) is 25.7 Å². The molecule has 0 radical (unpaired) electrons. The molecule has 2 aliphatic rings. The number of amides is 2. The second-order valence-corrected chi connectivity index (χ2v) is 10.6. The lowest BCUT2D eigenvalue weighted by Gasteiger charge is -2.38. The van der Waals surface area contributed by atoms with Crippen molar-refractivity contribution in [1.82, 2.24) is 10.4 Å². The van der Waals surface area contributed by atoms with Gasteiger partial charge in [0.05, 0.1) is 25.4 Å². The summed E-state index contributed by atoms with van der Waals surface area (Å²) >= 11 is 0. The van der Waals surface area contributed by atoms with E-state index >= 15 is 0 Å². The highest BCUT2D eigenvalue weighted by Gasteiger charge is 2.35. The Balaban J connectivity index is 1.37. The number of aliphatic hydroxyl groups excluding tert-OH is 2. The number of nitrogens with one attached hydrogen (secondary N) is 2. The van der Waals surface area contributed by atoms with Crippen LogP contribution in [0, 0.1) is 0 Å². The molecule has 2 amide bonds. The van der Waals surface area contributed by atoms with Crippen LogP contribution in [0.25, 0.3) is 0 Å². The monoisotopic (exact) mass is 555 g/mol. The number of benzene rings is 2. The molecule has 2 fully saturated rings. The molecule has 0 saturated carbocycles. The van der Waals surface area contributed by atoms with Gasteiger partial charge >= 0.3 is 0 Å². The molecule has 218 valence electrons. The highest BCUT2D eigenvalue weighted by molar-refractivity contribution is 5.90. The van der Waals surface area contributed by atoms with Crippen molar-refractivity contribution in [3.05, 3.63) is 65.2 Å². The predicted molar refractivity (Wildman–Crippen MR) is 148 cm³/mol. The number of hydroxylamine groups is 1. The molecule has 2 saturated heterocycles. The van der Waals surface area contributed by atoms with Crippen molar-refractivity contribution in [1.29, 1.82) is 0 Å². The third-order valence-electron chi connectivity index (χ3n) is 7.66. The maximum atomic E-state index is 12.3. The number of carbonyl (C=O) groups excluding carboxylic acids is 2. The lowest BCUT2D eigenvalue weighted by Crippen LogP contribution is -2.42. The molecule has 5 N–H and O–H groups in total. The number of unbranched alkanes of at least 4 members (excludes halogenated alkanes) is 2. The van der Waals surface area contributed by atoms with Crippen molar-refractivity contribution in [3.8, 4) is 0 Å². The third kappa shape index (κ3) is 8.57. The molecule has 2 aliphatic heterocycles. The molecular formula is C30H41N3O7. The minimum atomic E-state index is -0.586. The van der Waals surface area contributed by atoms with Gasteiger partial charge in [0.15, 0.2) is 6.29 Å². The van der Waals surface area contributed by atoms with Crippen LogP contribution in [-0.4, -0.2) is 64.0 Å². The summed E-state index contributed by atoms with van der Waals surface area (Å²) in [6.07, 6.45) is 4.45. The molecule has 2 aromatic carbocycles. The number of anilines is 1. The van der Waals surface area contributed by atoms with Crippen LogP contribution in [0.5, 0.6) is 0 Å². The molecule has 2 heterocycles. The molecule has 0 bridgehead atoms. The molecule has 0 unspecified atom stereocenters. The summed E-state index contributed by atoms with van der Waals surface area (Å²) in [5.74, 6) is -0.516. The average molecular weight is 556 g/mol. The number of ether oxygens (including phenoxy) is 2. The van der Waals surface area contributed by atoms with Gasteiger partial charge in [0.1, 0.15) is 0 Å². The standard InChI is InChI=1S/C30H41N3O7/c34-19-21-8-10-22(11-9-21)27-17-26(18-33-16-4-5-25(33)20-35)39-30(40-27)23-12-14-24(15-13-23)31-28(36)6-2-1-3-7-29(37)32-38/h8-15,25-27,30,34-35,38H,1-7,16-20H2,(H,31,36)(H,32,37)/t25-,26+,27-,30-/m0/s1. The first-order valence-corrected chi connectivity index (χ1v) is 14.2. The number of rotatable bonds is 13. The van der Waals surface area contributed by atoms with Crippen molar-refractivity contribution in [2.45, 2.75) is 82.5 Å². The Morgan fingerprint density at radius 3 is 2.27 bits per heavy atom. The maximum absolute atomic E-state index is 12.3. The van der Waals surface area contributed by atoms with Crippen LogP contribution < -0.4 is 10.8 Å². The van der Waals surface area contributed by atoms with Gasteiger partial charge in [-0.2, -0.15) is 0 Å². The van der Waals surface area contributed by atoms with E-state index < -0.39 is 12.2 Å². The highest BCUT2D eigenvalue weighted by atomic mass is 16.7. The van der Waals surface area contributed by atoms with Gasteiger partial charge in [0.25, 0.3) is 0 Å². The quantitative estimate of drug-likeness (QED) is 0.144. The van der Waals surface area contributed by atoms with E-state index in [1.807, 2.05) is 48.5 Å². The number of hydrogen-bond donors (Lipinski definition) is 5. The van der Waals surface area contributed by atoms with Gasteiger partial charge in [-0.05, 0) is 55.5 Å². The number of carbonyl (C=O) groups is 2. The number of aliphatic hydroxyl groups is 2. The fourth-order valence-corrected chi connectivity index (χ4v) is 5.39. The van der Waals surface area contributed by atoms with E-state index in [2.05, 4.69) is 10.2 Å². The normalized spacial score (nSPS) is 23.2. The first-order valence-electron chi connectivity index (χ1n) is 14.2. The van der Waals surface area contributed by atoms with Crippen molar-refractivity contribution in [3.63, 3.8) is 0 Å². The molecular weight excluding hydrogens is 514 g/mol. The Labute approximate surface area is 235 Å². The first kappa shape index (κ1) is 30.1. The summed E-state index contributed by atoms with van der Waals surface area (Å²) in [4.78, 5) is 25.7. The van der Waals surface area contributed by atoms with E-state index in [4.69, 9.17) is 14.7 Å². The smallest absolute Gasteiger partial charge is 0.243 e. The van der Waals surface area contributed by atoms with E-state index in [9.17, 15) is 19.8 Å². The third-order valence-corrected chi connectivity index (χ3v) is 7.66. The summed E-state index contributed by atoms with van der Waals surface area (Å²) in [6, 6.07) is 15.4. The summed E-state index contributed by atoms with van der Waals surface area (Å²) in [5, 5.41) is 30.6. The largest absolute Gasteiger partial charge is 0.395 e. The van der Waals surface area contributed by atoms with Gasteiger partial charge in [0.2, 0.25) is 11.8 Å². The molecule has 10 nitrogen and oxygen atoms in total. The van der Waals surface area contributed by atoms with Crippen LogP contribution in [0.15, 0.2) is 48.5 Å². The Hall–Kier alpha value is -2.86. The SMILES string of the molecule is O=C(CCCCCC(=O)Nc1ccc([C@H]2O[C@@H](CN3CCC[C@H]3CO)C[C@@H](c3ccc(CO)cc3)O2)cc1)NO. The zero-order valence-corrected chi connectivity index (χ0v) is 22.8. The van der Waals surface area contributed by atoms with Crippen molar-refractivity contribution >= 4 is 17.5 Å². The Morgan fingerprint density at radius 1 is 0.900 bits per heavy atom. The van der Waals surface area contributed by atoms with Crippen molar-refractivity contribution < 1.29 is 34.5 Å². The molecule has 2 aromatic rings. The van der Waals surface area contributed by atoms with Gasteiger partial charge in [-0.3, -0.25) is 19.7 Å². The molecule has 4 atom stereocenters. The van der Waals surface area contributed by atoms with Crippen molar-refractivity contribution in [2.75, 3.05) is 25.0 Å². The van der Waals surface area contributed by atoms with Gasteiger partial charge < -0.3 is 25.0 Å². The predicted octanol–water partition coefficient (Wildman–Crippen LogP) is 3.58. The number of likely N-dealkylation sites (tertiary alicyclic amines) is 1. The molecule has 4 rings (SSSR count). The fourth-order valence-electron chi connectivity index (χ4n) is 5.39. The summed E-state index contributed by atoms with van der Waals surface area (Å²) in [6.45, 7) is 1.80. The topological polar surface area (TPSA) is 141 Å².